The van der Waals surface area contributed by atoms with Crippen molar-refractivity contribution in [1.82, 2.24) is 0 Å². The second kappa shape index (κ2) is 5.71. The van der Waals surface area contributed by atoms with Crippen molar-refractivity contribution < 1.29 is 19.4 Å². The third-order valence-electron chi connectivity index (χ3n) is 3.14. The van der Waals surface area contributed by atoms with E-state index in [4.69, 9.17) is 9.47 Å². The summed E-state index contributed by atoms with van der Waals surface area (Å²) >= 11 is 3.39. The van der Waals surface area contributed by atoms with E-state index >= 15 is 0 Å². The van der Waals surface area contributed by atoms with Crippen LogP contribution in [0.5, 0.6) is 5.75 Å². The lowest BCUT2D eigenvalue weighted by atomic mass is 9.89. The van der Waals surface area contributed by atoms with Gasteiger partial charge in [-0.05, 0) is 31.0 Å². The zero-order valence-corrected chi connectivity index (χ0v) is 11.6. The molecule has 0 spiro atoms. The van der Waals surface area contributed by atoms with Crippen molar-refractivity contribution in [2.75, 3.05) is 13.7 Å². The fourth-order valence-corrected chi connectivity index (χ4v) is 2.65. The van der Waals surface area contributed by atoms with Crippen LogP contribution in [0.1, 0.15) is 24.5 Å². The van der Waals surface area contributed by atoms with Crippen LogP contribution in [0.15, 0.2) is 22.7 Å². The van der Waals surface area contributed by atoms with E-state index < -0.39 is 18.0 Å². The molecule has 2 rings (SSSR count). The van der Waals surface area contributed by atoms with Gasteiger partial charge in [-0.25, -0.2) is 0 Å². The normalized spacial score (nSPS) is 23.7. The average Bonchev–Trinajstić information content (AvgIpc) is 2.38. The second-order valence-corrected chi connectivity index (χ2v) is 5.18. The number of hydrogen-bond donors (Lipinski definition) is 1. The van der Waals surface area contributed by atoms with E-state index in [0.29, 0.717) is 18.8 Å². The van der Waals surface area contributed by atoms with E-state index in [1.54, 1.807) is 7.11 Å². The summed E-state index contributed by atoms with van der Waals surface area (Å²) in [5, 5.41) is 9.27. The Morgan fingerprint density at radius 2 is 2.33 bits per heavy atom. The molecule has 1 fully saturated rings. The number of carboxylic acids is 1. The van der Waals surface area contributed by atoms with Crippen molar-refractivity contribution in [1.29, 1.82) is 0 Å². The molecule has 0 amide bonds. The Hall–Kier alpha value is -1.07. The van der Waals surface area contributed by atoms with Crippen LogP contribution in [0.4, 0.5) is 0 Å². The third kappa shape index (κ3) is 2.67. The van der Waals surface area contributed by atoms with Gasteiger partial charge in [0.15, 0.2) is 0 Å². The molecule has 0 radical (unpaired) electrons. The van der Waals surface area contributed by atoms with Crippen molar-refractivity contribution in [2.45, 2.75) is 18.9 Å². The molecule has 1 heterocycles. The SMILES string of the molecule is COc1ccc(Br)cc1C1OCCCC1C(=O)O. The number of halogens is 1. The highest BCUT2D eigenvalue weighted by Crippen LogP contribution is 2.39. The maximum absolute atomic E-state index is 11.3. The molecule has 1 aliphatic rings. The molecule has 1 saturated heterocycles. The van der Waals surface area contributed by atoms with E-state index in [1.807, 2.05) is 18.2 Å². The standard InChI is InChI=1S/C13H15BrO4/c1-17-11-5-4-8(14)7-10(11)12-9(13(15)16)3-2-6-18-12/h4-5,7,9,12H,2-3,6H2,1H3,(H,15,16). The Morgan fingerprint density at radius 1 is 1.56 bits per heavy atom. The number of ether oxygens (including phenoxy) is 2. The fourth-order valence-electron chi connectivity index (χ4n) is 2.27. The first-order chi connectivity index (χ1) is 8.63. The van der Waals surface area contributed by atoms with E-state index in [9.17, 15) is 9.90 Å². The summed E-state index contributed by atoms with van der Waals surface area (Å²) in [4.78, 5) is 11.3. The van der Waals surface area contributed by atoms with Crippen LogP contribution in [0, 0.1) is 5.92 Å². The van der Waals surface area contributed by atoms with Crippen LogP contribution >= 0.6 is 15.9 Å². The number of carboxylic acid groups (broad SMARTS) is 1. The van der Waals surface area contributed by atoms with Gasteiger partial charge in [0.05, 0.1) is 19.1 Å². The lowest BCUT2D eigenvalue weighted by molar-refractivity contribution is -0.152. The van der Waals surface area contributed by atoms with E-state index in [1.165, 1.54) is 0 Å². The quantitative estimate of drug-likeness (QED) is 0.931. The zero-order valence-electron chi connectivity index (χ0n) is 10.1. The van der Waals surface area contributed by atoms with Crippen LogP contribution in [0.2, 0.25) is 0 Å². The fraction of sp³-hybridized carbons (Fsp3) is 0.462. The van der Waals surface area contributed by atoms with Gasteiger partial charge in [-0.1, -0.05) is 15.9 Å². The van der Waals surface area contributed by atoms with Gasteiger partial charge >= 0.3 is 5.97 Å². The first-order valence-corrected chi connectivity index (χ1v) is 6.60. The summed E-state index contributed by atoms with van der Waals surface area (Å²) < 4.78 is 11.8. The van der Waals surface area contributed by atoms with Gasteiger partial charge in [0.25, 0.3) is 0 Å². The first-order valence-electron chi connectivity index (χ1n) is 5.81. The smallest absolute Gasteiger partial charge is 0.309 e. The highest BCUT2D eigenvalue weighted by Gasteiger charge is 2.34. The van der Waals surface area contributed by atoms with Crippen LogP contribution in [-0.2, 0) is 9.53 Å². The summed E-state index contributed by atoms with van der Waals surface area (Å²) in [5.41, 5.74) is 0.791. The van der Waals surface area contributed by atoms with Crippen LogP contribution in [0.25, 0.3) is 0 Å². The second-order valence-electron chi connectivity index (χ2n) is 4.26. The number of carbonyl (C=O) groups is 1. The summed E-state index contributed by atoms with van der Waals surface area (Å²) in [6.07, 6.45) is 0.975. The minimum atomic E-state index is -0.818. The maximum Gasteiger partial charge on any atom is 0.309 e. The largest absolute Gasteiger partial charge is 0.496 e. The van der Waals surface area contributed by atoms with Crippen LogP contribution in [0.3, 0.4) is 0 Å². The van der Waals surface area contributed by atoms with Gasteiger partial charge in [-0.2, -0.15) is 0 Å². The Morgan fingerprint density at radius 3 is 3.00 bits per heavy atom. The Labute approximate surface area is 114 Å². The van der Waals surface area contributed by atoms with Crippen molar-refractivity contribution >= 4 is 21.9 Å². The number of hydrogen-bond acceptors (Lipinski definition) is 3. The number of methoxy groups -OCH3 is 1. The van der Waals surface area contributed by atoms with Crippen LogP contribution < -0.4 is 4.74 Å². The molecule has 0 saturated carbocycles. The summed E-state index contributed by atoms with van der Waals surface area (Å²) in [5.74, 6) is -0.667. The lowest BCUT2D eigenvalue weighted by Crippen LogP contribution is -2.29. The topological polar surface area (TPSA) is 55.8 Å². The van der Waals surface area contributed by atoms with Crippen molar-refractivity contribution in [3.63, 3.8) is 0 Å². The van der Waals surface area contributed by atoms with Gasteiger partial charge in [-0.3, -0.25) is 4.79 Å². The van der Waals surface area contributed by atoms with Crippen LogP contribution in [-0.4, -0.2) is 24.8 Å². The van der Waals surface area contributed by atoms with Gasteiger partial charge in [0.1, 0.15) is 5.75 Å². The van der Waals surface area contributed by atoms with Crippen molar-refractivity contribution in [2.24, 2.45) is 5.92 Å². The summed E-state index contributed by atoms with van der Waals surface area (Å²) in [6.45, 7) is 0.587. The monoisotopic (exact) mass is 314 g/mol. The number of rotatable bonds is 3. The lowest BCUT2D eigenvalue weighted by Gasteiger charge is -2.30. The molecule has 0 aliphatic carbocycles. The molecule has 2 unspecified atom stereocenters. The Balaban J connectivity index is 2.38. The Bertz CT molecular complexity index is 447. The van der Waals surface area contributed by atoms with E-state index in [-0.39, 0.29) is 0 Å². The molecule has 0 aromatic heterocycles. The van der Waals surface area contributed by atoms with Gasteiger partial charge in [0, 0.05) is 16.6 Å². The third-order valence-corrected chi connectivity index (χ3v) is 3.63. The molecule has 5 heteroatoms. The molecule has 2 atom stereocenters. The zero-order chi connectivity index (χ0) is 13.1. The Kier molecular flexibility index (Phi) is 4.24. The van der Waals surface area contributed by atoms with Gasteiger partial charge < -0.3 is 14.6 Å². The number of aliphatic carboxylic acids is 1. The molecule has 4 nitrogen and oxygen atoms in total. The van der Waals surface area contributed by atoms with Crippen molar-refractivity contribution in [3.8, 4) is 5.75 Å². The molecule has 18 heavy (non-hydrogen) atoms. The van der Waals surface area contributed by atoms with Gasteiger partial charge in [-0.15, -0.1) is 0 Å². The average molecular weight is 315 g/mol. The summed E-state index contributed by atoms with van der Waals surface area (Å²) in [6, 6.07) is 5.54. The molecular formula is C13H15BrO4. The highest BCUT2D eigenvalue weighted by molar-refractivity contribution is 9.10. The molecule has 1 N–H and O–H groups in total. The molecule has 1 aliphatic heterocycles. The molecule has 1 aromatic rings. The first kappa shape index (κ1) is 13.4. The van der Waals surface area contributed by atoms with Gasteiger partial charge in [0.2, 0.25) is 0 Å². The summed E-state index contributed by atoms with van der Waals surface area (Å²) in [7, 11) is 1.57. The minimum absolute atomic E-state index is 0.441. The predicted molar refractivity (Wildman–Crippen MR) is 69.7 cm³/mol. The molecule has 1 aromatic carbocycles. The van der Waals surface area contributed by atoms with E-state index in [0.717, 1.165) is 16.5 Å². The molecule has 98 valence electrons. The van der Waals surface area contributed by atoms with E-state index in [2.05, 4.69) is 15.9 Å². The minimum Gasteiger partial charge on any atom is -0.496 e. The molecular weight excluding hydrogens is 300 g/mol. The van der Waals surface area contributed by atoms with Crippen molar-refractivity contribution in [3.05, 3.63) is 28.2 Å². The predicted octanol–water partition coefficient (Wildman–Crippen LogP) is 3.01. The number of benzene rings is 1. The highest BCUT2D eigenvalue weighted by atomic mass is 79.9. The molecule has 0 bridgehead atoms. The maximum atomic E-state index is 11.3.